The van der Waals surface area contributed by atoms with Gasteiger partial charge in [0.05, 0.1) is 25.0 Å². The van der Waals surface area contributed by atoms with Crippen LogP contribution in [0.5, 0.6) is 11.6 Å². The van der Waals surface area contributed by atoms with Gasteiger partial charge < -0.3 is 19.0 Å². The number of carboxylic acid groups (broad SMARTS) is 1. The van der Waals surface area contributed by atoms with Crippen molar-refractivity contribution in [2.24, 2.45) is 0 Å². The number of ether oxygens (including phenoxy) is 2. The quantitative estimate of drug-likeness (QED) is 0.351. The van der Waals surface area contributed by atoms with E-state index in [9.17, 15) is 4.79 Å². The Morgan fingerprint density at radius 3 is 2.68 bits per heavy atom. The Bertz CT molecular complexity index is 1230. The van der Waals surface area contributed by atoms with Gasteiger partial charge in [0, 0.05) is 23.7 Å². The monoisotopic (exact) mass is 462 g/mol. The maximum atomic E-state index is 10.9. The first-order valence-corrected chi connectivity index (χ1v) is 11.0. The lowest BCUT2D eigenvalue weighted by Crippen LogP contribution is -2.04. The highest BCUT2D eigenvalue weighted by Crippen LogP contribution is 2.23. The molecule has 0 aliphatic heterocycles. The number of hydrogen-bond acceptors (Lipinski definition) is 7. The Morgan fingerprint density at radius 1 is 1.15 bits per heavy atom. The Kier molecular flexibility index (Phi) is 7.22. The number of pyridine rings is 1. The lowest BCUT2D eigenvalue weighted by molar-refractivity contribution is -0.136. The molecule has 9 nitrogen and oxygen atoms in total. The highest BCUT2D eigenvalue weighted by Gasteiger charge is 2.14. The van der Waals surface area contributed by atoms with E-state index in [0.29, 0.717) is 42.9 Å². The van der Waals surface area contributed by atoms with Crippen molar-refractivity contribution in [1.82, 2.24) is 19.7 Å². The van der Waals surface area contributed by atoms with Crippen LogP contribution in [0, 0.1) is 6.92 Å². The zero-order valence-corrected chi connectivity index (χ0v) is 19.1. The van der Waals surface area contributed by atoms with Crippen molar-refractivity contribution < 1.29 is 23.8 Å². The van der Waals surface area contributed by atoms with Crippen LogP contribution >= 0.6 is 0 Å². The minimum absolute atomic E-state index is 0.0217. The first-order valence-electron chi connectivity index (χ1n) is 11.0. The van der Waals surface area contributed by atoms with E-state index < -0.39 is 5.97 Å². The average Bonchev–Trinajstić information content (AvgIpc) is 3.40. The second kappa shape index (κ2) is 10.7. The number of oxazole rings is 1. The zero-order chi connectivity index (χ0) is 23.9. The van der Waals surface area contributed by atoms with Gasteiger partial charge in [0.2, 0.25) is 11.8 Å². The van der Waals surface area contributed by atoms with Crippen LogP contribution in [0.15, 0.2) is 59.3 Å². The summed E-state index contributed by atoms with van der Waals surface area (Å²) >= 11 is 0. The van der Waals surface area contributed by atoms with Crippen LogP contribution in [0.3, 0.4) is 0 Å². The van der Waals surface area contributed by atoms with Crippen molar-refractivity contribution in [3.63, 3.8) is 0 Å². The molecule has 0 spiro atoms. The van der Waals surface area contributed by atoms with Gasteiger partial charge in [-0.2, -0.15) is 0 Å². The maximum Gasteiger partial charge on any atom is 0.303 e. The first-order chi connectivity index (χ1) is 16.5. The van der Waals surface area contributed by atoms with E-state index in [0.717, 1.165) is 22.5 Å². The molecule has 0 bridgehead atoms. The molecule has 0 unspecified atom stereocenters. The molecule has 3 heterocycles. The van der Waals surface area contributed by atoms with Crippen LogP contribution in [-0.4, -0.2) is 37.4 Å². The number of carbonyl (C=O) groups is 1. The zero-order valence-electron chi connectivity index (χ0n) is 19.1. The predicted molar refractivity (Wildman–Crippen MR) is 124 cm³/mol. The second-order valence-electron chi connectivity index (χ2n) is 7.65. The largest absolute Gasteiger partial charge is 0.486 e. The third kappa shape index (κ3) is 5.80. The fraction of sp³-hybridized carbons (Fsp3) is 0.280. The number of rotatable bonds is 11. The molecule has 9 heteroatoms. The summed E-state index contributed by atoms with van der Waals surface area (Å²) < 4.78 is 18.9. The van der Waals surface area contributed by atoms with E-state index in [1.54, 1.807) is 17.1 Å². The molecule has 0 aliphatic rings. The lowest BCUT2D eigenvalue weighted by Gasteiger charge is -2.06. The summed E-state index contributed by atoms with van der Waals surface area (Å²) in [5.74, 6) is 1.50. The van der Waals surface area contributed by atoms with Crippen molar-refractivity contribution in [2.45, 2.75) is 39.8 Å². The number of aliphatic carboxylic acids is 1. The van der Waals surface area contributed by atoms with E-state index in [1.807, 2.05) is 56.3 Å². The second-order valence-corrected chi connectivity index (χ2v) is 7.65. The highest BCUT2D eigenvalue weighted by atomic mass is 16.5. The van der Waals surface area contributed by atoms with Crippen LogP contribution in [0.1, 0.15) is 36.1 Å². The van der Waals surface area contributed by atoms with Gasteiger partial charge in [-0.15, -0.1) is 5.10 Å². The average molecular weight is 463 g/mol. The molecule has 3 aromatic heterocycles. The molecule has 0 saturated carbocycles. The fourth-order valence-corrected chi connectivity index (χ4v) is 3.37. The number of carboxylic acids is 1. The van der Waals surface area contributed by atoms with Crippen LogP contribution in [0.2, 0.25) is 0 Å². The lowest BCUT2D eigenvalue weighted by atomic mass is 10.2. The molecule has 4 aromatic rings. The molecule has 1 aromatic carbocycles. The first kappa shape index (κ1) is 23.0. The van der Waals surface area contributed by atoms with Crippen molar-refractivity contribution in [3.8, 4) is 23.1 Å². The molecule has 0 amide bonds. The SMILES string of the molecule is CCOc1nn(Cc2ccc(OCc3nc(-c4ccccc4)oc3C)cn2)cc1CCC(=O)O. The molecule has 0 saturated heterocycles. The number of aromatic nitrogens is 4. The molecule has 0 radical (unpaired) electrons. The summed E-state index contributed by atoms with van der Waals surface area (Å²) in [7, 11) is 0. The number of hydrogen-bond donors (Lipinski definition) is 1. The van der Waals surface area contributed by atoms with E-state index >= 15 is 0 Å². The van der Waals surface area contributed by atoms with Crippen LogP contribution in [0.25, 0.3) is 11.5 Å². The summed E-state index contributed by atoms with van der Waals surface area (Å²) in [6.45, 7) is 4.89. The predicted octanol–water partition coefficient (Wildman–Crippen LogP) is 4.28. The fourth-order valence-electron chi connectivity index (χ4n) is 3.37. The maximum absolute atomic E-state index is 10.9. The van der Waals surface area contributed by atoms with Gasteiger partial charge in [-0.1, -0.05) is 18.2 Å². The van der Waals surface area contributed by atoms with Crippen molar-refractivity contribution in [1.29, 1.82) is 0 Å². The van der Waals surface area contributed by atoms with Crippen molar-refractivity contribution in [3.05, 3.63) is 77.6 Å². The molecule has 4 rings (SSSR count). The number of benzene rings is 1. The highest BCUT2D eigenvalue weighted by molar-refractivity contribution is 5.67. The van der Waals surface area contributed by atoms with Crippen molar-refractivity contribution >= 4 is 5.97 Å². The molecule has 176 valence electrons. The molecule has 0 atom stereocenters. The summed E-state index contributed by atoms with van der Waals surface area (Å²) in [5, 5.41) is 13.4. The third-order valence-corrected chi connectivity index (χ3v) is 5.10. The third-order valence-electron chi connectivity index (χ3n) is 5.10. The molecule has 34 heavy (non-hydrogen) atoms. The Hall–Kier alpha value is -4.14. The Morgan fingerprint density at radius 2 is 1.97 bits per heavy atom. The van der Waals surface area contributed by atoms with E-state index in [-0.39, 0.29) is 13.0 Å². The van der Waals surface area contributed by atoms with Crippen LogP contribution in [-0.2, 0) is 24.4 Å². The standard InChI is InChI=1S/C25H26N4O5/c1-3-32-25-19(9-12-23(30)31)14-29(28-25)15-20-10-11-21(13-26-20)33-16-22-17(2)34-24(27-22)18-7-5-4-6-8-18/h4-8,10-11,13-14H,3,9,12,15-16H2,1-2H3,(H,30,31). The summed E-state index contributed by atoms with van der Waals surface area (Å²) in [4.78, 5) is 19.9. The number of nitrogens with zero attached hydrogens (tertiary/aromatic N) is 4. The molecule has 1 N–H and O–H groups in total. The van der Waals surface area contributed by atoms with Gasteiger partial charge in [0.15, 0.2) is 0 Å². The van der Waals surface area contributed by atoms with Gasteiger partial charge >= 0.3 is 5.97 Å². The molecule has 0 aliphatic carbocycles. The topological polar surface area (TPSA) is 113 Å². The normalized spacial score (nSPS) is 10.9. The minimum Gasteiger partial charge on any atom is -0.486 e. The summed E-state index contributed by atoms with van der Waals surface area (Å²) in [6.07, 6.45) is 3.84. The van der Waals surface area contributed by atoms with Gasteiger partial charge in [-0.3, -0.25) is 14.5 Å². The van der Waals surface area contributed by atoms with E-state index in [1.165, 1.54) is 0 Å². The molecule has 0 fully saturated rings. The van der Waals surface area contributed by atoms with Gasteiger partial charge in [0.1, 0.15) is 23.8 Å². The Balaban J connectivity index is 1.37. The summed E-state index contributed by atoms with van der Waals surface area (Å²) in [6, 6.07) is 13.4. The van der Waals surface area contributed by atoms with Crippen LogP contribution in [0.4, 0.5) is 0 Å². The van der Waals surface area contributed by atoms with Gasteiger partial charge in [-0.25, -0.2) is 4.98 Å². The molecular weight excluding hydrogens is 436 g/mol. The smallest absolute Gasteiger partial charge is 0.303 e. The van der Waals surface area contributed by atoms with E-state index in [4.69, 9.17) is 19.0 Å². The van der Waals surface area contributed by atoms with Gasteiger partial charge in [-0.05, 0) is 44.5 Å². The van der Waals surface area contributed by atoms with Crippen LogP contribution < -0.4 is 9.47 Å². The number of aryl methyl sites for hydroxylation is 2. The minimum atomic E-state index is -0.857. The molecular formula is C25H26N4O5. The Labute approximate surface area is 197 Å². The van der Waals surface area contributed by atoms with Gasteiger partial charge in [0.25, 0.3) is 0 Å². The van der Waals surface area contributed by atoms with Crippen molar-refractivity contribution in [2.75, 3.05) is 6.61 Å². The summed E-state index contributed by atoms with van der Waals surface area (Å²) in [5.41, 5.74) is 3.20. The van der Waals surface area contributed by atoms with E-state index in [2.05, 4.69) is 15.1 Å².